The molecule has 2 N–H and O–H groups in total. The van der Waals surface area contributed by atoms with Gasteiger partial charge in [0.05, 0.1) is 17.6 Å². The fraction of sp³-hybridized carbons (Fsp3) is 0.150. The number of nitrogens with two attached hydrogens (primary N) is 1. The van der Waals surface area contributed by atoms with Gasteiger partial charge < -0.3 is 10.5 Å². The van der Waals surface area contributed by atoms with Crippen LogP contribution in [0.25, 0.3) is 11.3 Å². The number of benzene rings is 2. The van der Waals surface area contributed by atoms with Crippen LogP contribution in [-0.4, -0.2) is 4.98 Å². The number of ether oxygens (including phenoxy) is 1. The Hall–Kier alpha value is -2.81. The Balaban J connectivity index is 1.61. The highest BCUT2D eigenvalue weighted by Crippen LogP contribution is 2.36. The molecule has 0 bridgehead atoms. The van der Waals surface area contributed by atoms with Crippen LogP contribution in [0.15, 0.2) is 66.9 Å². The van der Waals surface area contributed by atoms with E-state index >= 15 is 0 Å². The summed E-state index contributed by atoms with van der Waals surface area (Å²) in [6.07, 6.45) is 3.84. The summed E-state index contributed by atoms with van der Waals surface area (Å²) in [4.78, 5) is 4.39. The maximum atomic E-state index is 6.19. The fourth-order valence-corrected chi connectivity index (χ4v) is 3.03. The monoisotopic (exact) mass is 302 g/mol. The van der Waals surface area contributed by atoms with E-state index in [1.54, 1.807) is 6.20 Å². The molecule has 0 amide bonds. The maximum Gasteiger partial charge on any atom is 0.124 e. The third-order valence-corrected chi connectivity index (χ3v) is 4.26. The number of anilines is 1. The zero-order chi connectivity index (χ0) is 15.6. The number of pyridine rings is 1. The van der Waals surface area contributed by atoms with Gasteiger partial charge in [0.15, 0.2) is 0 Å². The molecular weight excluding hydrogens is 284 g/mol. The summed E-state index contributed by atoms with van der Waals surface area (Å²) in [6.45, 7) is 0. The standard InChI is InChI=1S/C20H18N2O/c21-17-8-9-18(22-13-17)15-6-10-20-16(12-15)7-11-19(23-20)14-4-2-1-3-5-14/h1-6,8-10,12-13,19H,7,11,21H2. The lowest BCUT2D eigenvalue weighted by Crippen LogP contribution is -2.15. The molecule has 4 rings (SSSR count). The van der Waals surface area contributed by atoms with Crippen molar-refractivity contribution in [2.45, 2.75) is 18.9 Å². The first kappa shape index (κ1) is 13.8. The van der Waals surface area contributed by atoms with E-state index in [1.165, 1.54) is 11.1 Å². The lowest BCUT2D eigenvalue weighted by atomic mass is 9.95. The zero-order valence-corrected chi connectivity index (χ0v) is 12.8. The Morgan fingerprint density at radius 1 is 1.00 bits per heavy atom. The largest absolute Gasteiger partial charge is 0.485 e. The summed E-state index contributed by atoms with van der Waals surface area (Å²) in [5.41, 5.74) is 10.9. The van der Waals surface area contributed by atoms with Crippen molar-refractivity contribution >= 4 is 5.69 Å². The lowest BCUT2D eigenvalue weighted by Gasteiger charge is -2.26. The van der Waals surface area contributed by atoms with E-state index < -0.39 is 0 Å². The number of hydrogen-bond acceptors (Lipinski definition) is 3. The van der Waals surface area contributed by atoms with Crippen LogP contribution >= 0.6 is 0 Å². The second-order valence-electron chi connectivity index (χ2n) is 5.86. The Labute approximate surface area is 135 Å². The van der Waals surface area contributed by atoms with Gasteiger partial charge in [-0.1, -0.05) is 30.3 Å². The Bertz CT molecular complexity index is 813. The van der Waals surface area contributed by atoms with Crippen LogP contribution in [0.1, 0.15) is 23.7 Å². The molecule has 1 aliphatic rings. The van der Waals surface area contributed by atoms with Gasteiger partial charge in [-0.05, 0) is 54.3 Å². The van der Waals surface area contributed by atoms with Crippen molar-refractivity contribution in [2.24, 2.45) is 0 Å². The topological polar surface area (TPSA) is 48.1 Å². The number of aromatic nitrogens is 1. The summed E-state index contributed by atoms with van der Waals surface area (Å²) >= 11 is 0. The third kappa shape index (κ3) is 2.78. The minimum atomic E-state index is 0.143. The van der Waals surface area contributed by atoms with E-state index in [1.807, 2.05) is 18.2 Å². The number of rotatable bonds is 2. The molecule has 1 aliphatic heterocycles. The van der Waals surface area contributed by atoms with E-state index in [4.69, 9.17) is 10.5 Å². The predicted molar refractivity (Wildman–Crippen MR) is 92.2 cm³/mol. The number of aryl methyl sites for hydroxylation is 1. The highest BCUT2D eigenvalue weighted by Gasteiger charge is 2.21. The number of nitrogens with zero attached hydrogens (tertiary/aromatic N) is 1. The van der Waals surface area contributed by atoms with Crippen LogP contribution in [0, 0.1) is 0 Å². The smallest absolute Gasteiger partial charge is 0.124 e. The van der Waals surface area contributed by atoms with Crippen molar-refractivity contribution in [1.82, 2.24) is 4.98 Å². The predicted octanol–water partition coefficient (Wildman–Crippen LogP) is 4.40. The van der Waals surface area contributed by atoms with Gasteiger partial charge in [0.2, 0.25) is 0 Å². The molecule has 1 atom stereocenters. The number of fused-ring (bicyclic) bond motifs is 1. The van der Waals surface area contributed by atoms with E-state index in [0.717, 1.165) is 29.8 Å². The lowest BCUT2D eigenvalue weighted by molar-refractivity contribution is 0.176. The van der Waals surface area contributed by atoms with Crippen molar-refractivity contribution in [2.75, 3.05) is 5.73 Å². The molecule has 3 heteroatoms. The van der Waals surface area contributed by atoms with Gasteiger partial charge in [0, 0.05) is 5.56 Å². The van der Waals surface area contributed by atoms with Gasteiger partial charge >= 0.3 is 0 Å². The molecule has 23 heavy (non-hydrogen) atoms. The molecule has 0 saturated carbocycles. The molecule has 0 aliphatic carbocycles. The molecule has 0 fully saturated rings. The van der Waals surface area contributed by atoms with Crippen LogP contribution in [0.5, 0.6) is 5.75 Å². The van der Waals surface area contributed by atoms with Crippen LogP contribution in [-0.2, 0) is 6.42 Å². The first-order chi connectivity index (χ1) is 11.3. The highest BCUT2D eigenvalue weighted by atomic mass is 16.5. The first-order valence-corrected chi connectivity index (χ1v) is 7.86. The van der Waals surface area contributed by atoms with Gasteiger partial charge in [0.1, 0.15) is 11.9 Å². The van der Waals surface area contributed by atoms with Gasteiger partial charge in [0.25, 0.3) is 0 Å². The van der Waals surface area contributed by atoms with Gasteiger partial charge in [-0.15, -0.1) is 0 Å². The van der Waals surface area contributed by atoms with Crippen LogP contribution in [0.4, 0.5) is 5.69 Å². The zero-order valence-electron chi connectivity index (χ0n) is 12.8. The van der Waals surface area contributed by atoms with Crippen molar-refractivity contribution in [3.63, 3.8) is 0 Å². The van der Waals surface area contributed by atoms with Gasteiger partial charge in [-0.3, -0.25) is 4.98 Å². The summed E-state index contributed by atoms with van der Waals surface area (Å²) in [7, 11) is 0. The highest BCUT2D eigenvalue weighted by molar-refractivity contribution is 5.63. The van der Waals surface area contributed by atoms with Crippen molar-refractivity contribution in [1.29, 1.82) is 0 Å². The summed E-state index contributed by atoms with van der Waals surface area (Å²) in [5.74, 6) is 0.976. The number of hydrogen-bond donors (Lipinski definition) is 1. The summed E-state index contributed by atoms with van der Waals surface area (Å²) in [6, 6.07) is 20.5. The maximum absolute atomic E-state index is 6.19. The van der Waals surface area contributed by atoms with Gasteiger partial charge in [-0.2, -0.15) is 0 Å². The molecule has 0 radical (unpaired) electrons. The van der Waals surface area contributed by atoms with Crippen molar-refractivity contribution in [3.05, 3.63) is 78.0 Å². The fourth-order valence-electron chi connectivity index (χ4n) is 3.03. The minimum absolute atomic E-state index is 0.143. The Morgan fingerprint density at radius 3 is 2.65 bits per heavy atom. The second kappa shape index (κ2) is 5.76. The van der Waals surface area contributed by atoms with Crippen LogP contribution < -0.4 is 10.5 Å². The first-order valence-electron chi connectivity index (χ1n) is 7.86. The molecule has 0 spiro atoms. The third-order valence-electron chi connectivity index (χ3n) is 4.26. The molecular formula is C20H18N2O. The SMILES string of the molecule is Nc1ccc(-c2ccc3c(c2)CCC(c2ccccc2)O3)nc1. The molecule has 0 saturated heterocycles. The summed E-state index contributed by atoms with van der Waals surface area (Å²) < 4.78 is 6.19. The normalized spacial score (nSPS) is 16.4. The van der Waals surface area contributed by atoms with Gasteiger partial charge in [-0.25, -0.2) is 0 Å². The molecule has 3 nitrogen and oxygen atoms in total. The molecule has 1 unspecified atom stereocenters. The van der Waals surface area contributed by atoms with Crippen molar-refractivity contribution < 1.29 is 4.74 Å². The van der Waals surface area contributed by atoms with Crippen LogP contribution in [0.3, 0.4) is 0 Å². The second-order valence-corrected chi connectivity index (χ2v) is 5.86. The molecule has 1 aromatic heterocycles. The average Bonchev–Trinajstić information content (AvgIpc) is 2.62. The number of nitrogen functional groups attached to an aromatic ring is 1. The van der Waals surface area contributed by atoms with E-state index in [2.05, 4.69) is 47.4 Å². The molecule has 114 valence electrons. The van der Waals surface area contributed by atoms with Crippen molar-refractivity contribution in [3.8, 4) is 17.0 Å². The van der Waals surface area contributed by atoms with Crippen LogP contribution in [0.2, 0.25) is 0 Å². The average molecular weight is 302 g/mol. The molecule has 3 aromatic rings. The quantitative estimate of drug-likeness (QED) is 0.763. The summed E-state index contributed by atoms with van der Waals surface area (Å²) in [5, 5.41) is 0. The Kier molecular flexibility index (Phi) is 3.46. The van der Waals surface area contributed by atoms with E-state index in [-0.39, 0.29) is 6.10 Å². The molecule has 2 heterocycles. The van der Waals surface area contributed by atoms with E-state index in [0.29, 0.717) is 5.69 Å². The van der Waals surface area contributed by atoms with E-state index in [9.17, 15) is 0 Å². The minimum Gasteiger partial charge on any atom is -0.485 e. The molecule has 2 aromatic carbocycles. The Morgan fingerprint density at radius 2 is 1.87 bits per heavy atom.